The number of hydrogen-bond acceptors (Lipinski definition) is 3. The van der Waals surface area contributed by atoms with E-state index in [0.717, 1.165) is 29.0 Å². The van der Waals surface area contributed by atoms with E-state index in [1.54, 1.807) is 16.9 Å². The highest BCUT2D eigenvalue weighted by atomic mass is 16.5. The lowest BCUT2D eigenvalue weighted by Gasteiger charge is -2.08. The molecule has 2 aromatic carbocycles. The van der Waals surface area contributed by atoms with Crippen LogP contribution in [0.2, 0.25) is 0 Å². The zero-order valence-corrected chi connectivity index (χ0v) is 15.3. The van der Waals surface area contributed by atoms with Gasteiger partial charge in [0.1, 0.15) is 5.75 Å². The molecule has 0 aliphatic heterocycles. The SMILES string of the molecule is CCc1ccc(NC(=O)c2ccn(COc3cc(C)cc(C)c3)n2)cc1. The van der Waals surface area contributed by atoms with E-state index >= 15 is 0 Å². The molecule has 0 radical (unpaired) electrons. The maximum Gasteiger partial charge on any atom is 0.276 e. The molecule has 0 spiro atoms. The van der Waals surface area contributed by atoms with Crippen LogP contribution in [0.15, 0.2) is 54.7 Å². The fraction of sp³-hybridized carbons (Fsp3) is 0.238. The average Bonchev–Trinajstić information content (AvgIpc) is 3.09. The van der Waals surface area contributed by atoms with Crippen LogP contribution in [0.1, 0.15) is 34.1 Å². The van der Waals surface area contributed by atoms with E-state index < -0.39 is 0 Å². The van der Waals surface area contributed by atoms with Gasteiger partial charge in [-0.3, -0.25) is 4.79 Å². The van der Waals surface area contributed by atoms with Crippen molar-refractivity contribution >= 4 is 11.6 Å². The minimum Gasteiger partial charge on any atom is -0.471 e. The van der Waals surface area contributed by atoms with Crippen LogP contribution in [-0.2, 0) is 13.2 Å². The van der Waals surface area contributed by atoms with Crippen molar-refractivity contribution in [2.24, 2.45) is 0 Å². The molecule has 5 nitrogen and oxygen atoms in total. The number of amides is 1. The first-order valence-corrected chi connectivity index (χ1v) is 8.68. The van der Waals surface area contributed by atoms with Gasteiger partial charge in [-0.05, 0) is 67.3 Å². The molecule has 26 heavy (non-hydrogen) atoms. The number of aromatic nitrogens is 2. The molecule has 0 fully saturated rings. The Hall–Kier alpha value is -3.08. The summed E-state index contributed by atoms with van der Waals surface area (Å²) in [7, 11) is 0. The average molecular weight is 349 g/mol. The Balaban J connectivity index is 1.60. The first-order chi connectivity index (χ1) is 12.5. The largest absolute Gasteiger partial charge is 0.471 e. The third kappa shape index (κ3) is 4.51. The van der Waals surface area contributed by atoms with Gasteiger partial charge < -0.3 is 10.1 Å². The summed E-state index contributed by atoms with van der Waals surface area (Å²) in [4.78, 5) is 12.3. The van der Waals surface area contributed by atoms with Crippen molar-refractivity contribution in [3.05, 3.63) is 77.1 Å². The number of anilines is 1. The molecule has 134 valence electrons. The van der Waals surface area contributed by atoms with Crippen molar-refractivity contribution in [3.8, 4) is 5.75 Å². The lowest BCUT2D eigenvalue weighted by molar-refractivity contribution is 0.102. The summed E-state index contributed by atoms with van der Waals surface area (Å²) >= 11 is 0. The fourth-order valence-corrected chi connectivity index (χ4v) is 2.73. The third-order valence-corrected chi connectivity index (χ3v) is 4.05. The van der Waals surface area contributed by atoms with Gasteiger partial charge in [-0.1, -0.05) is 25.1 Å². The minimum absolute atomic E-state index is 0.237. The second-order valence-corrected chi connectivity index (χ2v) is 6.34. The van der Waals surface area contributed by atoms with Gasteiger partial charge in [0.2, 0.25) is 0 Å². The topological polar surface area (TPSA) is 56.2 Å². The number of benzene rings is 2. The number of nitrogens with one attached hydrogen (secondary N) is 1. The van der Waals surface area contributed by atoms with Crippen molar-refractivity contribution in [1.82, 2.24) is 9.78 Å². The summed E-state index contributed by atoms with van der Waals surface area (Å²) in [6.07, 6.45) is 2.71. The summed E-state index contributed by atoms with van der Waals surface area (Å²) < 4.78 is 7.36. The van der Waals surface area contributed by atoms with E-state index in [4.69, 9.17) is 4.74 Å². The molecule has 5 heteroatoms. The molecule has 3 rings (SSSR count). The quantitative estimate of drug-likeness (QED) is 0.720. The standard InChI is InChI=1S/C21H23N3O2/c1-4-17-5-7-18(8-6-17)22-21(25)20-9-10-24(23-20)14-26-19-12-15(2)11-16(3)13-19/h5-13H,4,14H2,1-3H3,(H,22,25). The molecule has 0 unspecified atom stereocenters. The van der Waals surface area contributed by atoms with Gasteiger partial charge >= 0.3 is 0 Å². The first kappa shape index (κ1) is 17.7. The van der Waals surface area contributed by atoms with Crippen LogP contribution < -0.4 is 10.1 Å². The molecule has 0 atom stereocenters. The lowest BCUT2D eigenvalue weighted by atomic mass is 10.1. The predicted molar refractivity (Wildman–Crippen MR) is 103 cm³/mol. The van der Waals surface area contributed by atoms with E-state index in [1.165, 1.54) is 5.56 Å². The Labute approximate surface area is 153 Å². The molecule has 3 aromatic rings. The second-order valence-electron chi connectivity index (χ2n) is 6.34. The Morgan fingerprint density at radius 3 is 2.42 bits per heavy atom. The predicted octanol–water partition coefficient (Wildman–Crippen LogP) is 4.35. The van der Waals surface area contributed by atoms with E-state index in [9.17, 15) is 4.79 Å². The number of nitrogens with zero attached hydrogens (tertiary/aromatic N) is 2. The Kier molecular flexibility index (Phi) is 5.37. The number of ether oxygens (including phenoxy) is 1. The van der Waals surface area contributed by atoms with E-state index in [0.29, 0.717) is 5.69 Å². The van der Waals surface area contributed by atoms with Crippen molar-refractivity contribution < 1.29 is 9.53 Å². The summed E-state index contributed by atoms with van der Waals surface area (Å²) in [6, 6.07) is 15.5. The molecule has 1 amide bonds. The molecular formula is C21H23N3O2. The maximum atomic E-state index is 12.3. The molecule has 1 N–H and O–H groups in total. The normalized spacial score (nSPS) is 10.6. The summed E-state index contributed by atoms with van der Waals surface area (Å²) in [5.74, 6) is 0.555. The first-order valence-electron chi connectivity index (χ1n) is 8.68. The number of aryl methyl sites for hydroxylation is 3. The molecule has 0 saturated heterocycles. The zero-order chi connectivity index (χ0) is 18.5. The molecule has 0 bridgehead atoms. The zero-order valence-electron chi connectivity index (χ0n) is 15.3. The van der Waals surface area contributed by atoms with E-state index in [-0.39, 0.29) is 12.6 Å². The number of rotatable bonds is 6. The highest BCUT2D eigenvalue weighted by molar-refractivity contribution is 6.02. The van der Waals surface area contributed by atoms with E-state index in [1.807, 2.05) is 50.2 Å². The fourth-order valence-electron chi connectivity index (χ4n) is 2.73. The number of carbonyl (C=O) groups is 1. The third-order valence-electron chi connectivity index (χ3n) is 4.05. The van der Waals surface area contributed by atoms with E-state index in [2.05, 4.69) is 23.4 Å². The van der Waals surface area contributed by atoms with Crippen LogP contribution in [0.3, 0.4) is 0 Å². The molecule has 1 aromatic heterocycles. The molecule has 1 heterocycles. The van der Waals surface area contributed by atoms with Crippen molar-refractivity contribution in [2.45, 2.75) is 33.9 Å². The molecular weight excluding hydrogens is 326 g/mol. The molecule has 0 aliphatic carbocycles. The lowest BCUT2D eigenvalue weighted by Crippen LogP contribution is -2.14. The number of hydrogen-bond donors (Lipinski definition) is 1. The van der Waals surface area contributed by atoms with Crippen LogP contribution in [0.4, 0.5) is 5.69 Å². The van der Waals surface area contributed by atoms with Gasteiger partial charge in [0.25, 0.3) is 5.91 Å². The highest BCUT2D eigenvalue weighted by Crippen LogP contribution is 2.17. The molecule has 0 aliphatic rings. The van der Waals surface area contributed by atoms with Crippen molar-refractivity contribution in [1.29, 1.82) is 0 Å². The second kappa shape index (κ2) is 7.87. The minimum atomic E-state index is -0.237. The molecule has 0 saturated carbocycles. The van der Waals surface area contributed by atoms with Gasteiger partial charge in [-0.15, -0.1) is 0 Å². The Morgan fingerprint density at radius 2 is 1.77 bits per heavy atom. The van der Waals surface area contributed by atoms with Gasteiger partial charge in [0.15, 0.2) is 12.4 Å². The van der Waals surface area contributed by atoms with Crippen LogP contribution in [0.5, 0.6) is 5.75 Å². The van der Waals surface area contributed by atoms with Crippen LogP contribution >= 0.6 is 0 Å². The van der Waals surface area contributed by atoms with Gasteiger partial charge in [-0.2, -0.15) is 5.10 Å². The number of carbonyl (C=O) groups excluding carboxylic acids is 1. The van der Waals surface area contributed by atoms with Gasteiger partial charge in [0.05, 0.1) is 0 Å². The van der Waals surface area contributed by atoms with Crippen LogP contribution in [0, 0.1) is 13.8 Å². The van der Waals surface area contributed by atoms with Crippen molar-refractivity contribution in [2.75, 3.05) is 5.32 Å². The summed E-state index contributed by atoms with van der Waals surface area (Å²) in [6.45, 7) is 6.41. The highest BCUT2D eigenvalue weighted by Gasteiger charge is 2.10. The summed E-state index contributed by atoms with van der Waals surface area (Å²) in [5.41, 5.74) is 4.64. The smallest absolute Gasteiger partial charge is 0.276 e. The van der Waals surface area contributed by atoms with Gasteiger partial charge in [0, 0.05) is 11.9 Å². The Bertz CT molecular complexity index is 878. The van der Waals surface area contributed by atoms with Crippen molar-refractivity contribution in [3.63, 3.8) is 0 Å². The van der Waals surface area contributed by atoms with Crippen LogP contribution in [-0.4, -0.2) is 15.7 Å². The van der Waals surface area contributed by atoms with Gasteiger partial charge in [-0.25, -0.2) is 4.68 Å². The summed E-state index contributed by atoms with van der Waals surface area (Å²) in [5, 5.41) is 7.14. The maximum absolute atomic E-state index is 12.3. The Morgan fingerprint density at radius 1 is 1.08 bits per heavy atom. The monoisotopic (exact) mass is 349 g/mol. The van der Waals surface area contributed by atoms with Crippen LogP contribution in [0.25, 0.3) is 0 Å².